The van der Waals surface area contributed by atoms with E-state index in [1.54, 1.807) is 7.11 Å². The Labute approximate surface area is 92.6 Å². The zero-order valence-electron chi connectivity index (χ0n) is 9.74. The van der Waals surface area contributed by atoms with Crippen LogP contribution in [0, 0.1) is 0 Å². The van der Waals surface area contributed by atoms with E-state index in [0.29, 0.717) is 0 Å². The minimum Gasteiger partial charge on any atom is -0.383 e. The van der Waals surface area contributed by atoms with Crippen molar-refractivity contribution in [2.24, 2.45) is 0 Å². The molecule has 4 nitrogen and oxygen atoms in total. The lowest BCUT2D eigenvalue weighted by molar-refractivity contribution is 0.0869. The van der Waals surface area contributed by atoms with Gasteiger partial charge in [-0.05, 0) is 13.0 Å². The van der Waals surface area contributed by atoms with Gasteiger partial charge in [0.2, 0.25) is 0 Å². The van der Waals surface area contributed by atoms with Gasteiger partial charge in [0.25, 0.3) is 0 Å². The molecule has 4 heteroatoms. The van der Waals surface area contributed by atoms with E-state index in [1.807, 2.05) is 0 Å². The minimum atomic E-state index is 0.774. The first-order valence-electron chi connectivity index (χ1n) is 6.05. The van der Waals surface area contributed by atoms with Gasteiger partial charge in [0.15, 0.2) is 0 Å². The van der Waals surface area contributed by atoms with Gasteiger partial charge < -0.3 is 10.1 Å². The van der Waals surface area contributed by atoms with Crippen molar-refractivity contribution in [2.75, 3.05) is 59.5 Å². The van der Waals surface area contributed by atoms with Crippen LogP contribution in [-0.2, 0) is 4.74 Å². The predicted molar refractivity (Wildman–Crippen MR) is 61.2 cm³/mol. The molecule has 0 radical (unpaired) electrons. The fourth-order valence-electron chi connectivity index (χ4n) is 2.23. The van der Waals surface area contributed by atoms with Gasteiger partial charge in [-0.3, -0.25) is 9.80 Å². The van der Waals surface area contributed by atoms with E-state index in [0.717, 1.165) is 19.2 Å². The van der Waals surface area contributed by atoms with Crippen LogP contribution in [0.4, 0.5) is 0 Å². The average Bonchev–Trinajstić information content (AvgIpc) is 2.22. The number of nitrogens with one attached hydrogen (secondary N) is 1. The summed E-state index contributed by atoms with van der Waals surface area (Å²) in [4.78, 5) is 5.08. The van der Waals surface area contributed by atoms with E-state index in [4.69, 9.17) is 4.74 Å². The van der Waals surface area contributed by atoms with Crippen LogP contribution in [0.2, 0.25) is 0 Å². The average molecular weight is 213 g/mol. The molecule has 0 bridgehead atoms. The van der Waals surface area contributed by atoms with Crippen molar-refractivity contribution in [2.45, 2.75) is 12.5 Å². The summed E-state index contributed by atoms with van der Waals surface area (Å²) in [6.45, 7) is 9.28. The fraction of sp³-hybridized carbons (Fsp3) is 1.00. The smallest absolute Gasteiger partial charge is 0.0589 e. The van der Waals surface area contributed by atoms with Gasteiger partial charge in [0.1, 0.15) is 0 Å². The molecule has 2 fully saturated rings. The Kier molecular flexibility index (Phi) is 4.38. The molecule has 0 amide bonds. The highest BCUT2D eigenvalue weighted by Crippen LogP contribution is 2.07. The Bertz CT molecular complexity index is 177. The van der Waals surface area contributed by atoms with Crippen molar-refractivity contribution >= 4 is 0 Å². The van der Waals surface area contributed by atoms with Crippen molar-refractivity contribution in [3.8, 4) is 0 Å². The molecule has 0 spiro atoms. The first-order chi connectivity index (χ1) is 7.38. The summed E-state index contributed by atoms with van der Waals surface area (Å²) in [5.41, 5.74) is 0. The third-order valence-electron chi connectivity index (χ3n) is 3.48. The number of nitrogens with zero attached hydrogens (tertiary/aromatic N) is 2. The standard InChI is InChI=1S/C11H23N3O/c1-15-9-8-13-4-6-14(7-5-13)10-11-2-3-12-11/h11-12H,2-10H2,1H3. The largest absolute Gasteiger partial charge is 0.383 e. The monoisotopic (exact) mass is 213 g/mol. The maximum absolute atomic E-state index is 5.10. The zero-order valence-corrected chi connectivity index (χ0v) is 9.74. The molecule has 0 aromatic rings. The van der Waals surface area contributed by atoms with Crippen molar-refractivity contribution in [1.29, 1.82) is 0 Å². The molecule has 2 rings (SSSR count). The Hall–Kier alpha value is -0.160. The summed E-state index contributed by atoms with van der Waals surface area (Å²) in [5, 5.41) is 3.46. The third kappa shape index (κ3) is 3.41. The second-order valence-electron chi connectivity index (χ2n) is 4.57. The SMILES string of the molecule is COCCN1CCN(CC2CCN2)CC1. The number of methoxy groups -OCH3 is 1. The predicted octanol–water partition coefficient (Wildman–Crippen LogP) is -0.388. The molecule has 0 saturated carbocycles. The van der Waals surface area contributed by atoms with Gasteiger partial charge in [-0.2, -0.15) is 0 Å². The van der Waals surface area contributed by atoms with E-state index in [2.05, 4.69) is 15.1 Å². The maximum atomic E-state index is 5.10. The molecular weight excluding hydrogens is 190 g/mol. The van der Waals surface area contributed by atoms with Crippen molar-refractivity contribution in [3.63, 3.8) is 0 Å². The van der Waals surface area contributed by atoms with Gasteiger partial charge in [-0.15, -0.1) is 0 Å². The van der Waals surface area contributed by atoms with Crippen LogP contribution >= 0.6 is 0 Å². The second-order valence-corrected chi connectivity index (χ2v) is 4.57. The van der Waals surface area contributed by atoms with E-state index >= 15 is 0 Å². The lowest BCUT2D eigenvalue weighted by Gasteiger charge is -2.38. The topological polar surface area (TPSA) is 27.7 Å². The number of hydrogen-bond acceptors (Lipinski definition) is 4. The van der Waals surface area contributed by atoms with Crippen LogP contribution in [0.25, 0.3) is 0 Å². The number of hydrogen-bond donors (Lipinski definition) is 1. The molecule has 0 aromatic carbocycles. The van der Waals surface area contributed by atoms with E-state index < -0.39 is 0 Å². The molecular formula is C11H23N3O. The van der Waals surface area contributed by atoms with Crippen LogP contribution in [0.3, 0.4) is 0 Å². The number of rotatable bonds is 5. The van der Waals surface area contributed by atoms with Crippen LogP contribution in [0.15, 0.2) is 0 Å². The second kappa shape index (κ2) is 5.80. The van der Waals surface area contributed by atoms with Crippen LogP contribution in [0.1, 0.15) is 6.42 Å². The first kappa shape index (κ1) is 11.3. The molecule has 1 unspecified atom stereocenters. The van der Waals surface area contributed by atoms with Crippen molar-refractivity contribution in [3.05, 3.63) is 0 Å². The van der Waals surface area contributed by atoms with E-state index in [-0.39, 0.29) is 0 Å². The fourth-order valence-corrected chi connectivity index (χ4v) is 2.23. The van der Waals surface area contributed by atoms with E-state index in [9.17, 15) is 0 Å². The molecule has 15 heavy (non-hydrogen) atoms. The summed E-state index contributed by atoms with van der Waals surface area (Å²) in [6.07, 6.45) is 1.36. The molecule has 0 aromatic heterocycles. The molecule has 2 aliphatic heterocycles. The maximum Gasteiger partial charge on any atom is 0.0589 e. The Morgan fingerprint density at radius 2 is 1.87 bits per heavy atom. The zero-order chi connectivity index (χ0) is 10.5. The van der Waals surface area contributed by atoms with E-state index in [1.165, 1.54) is 45.7 Å². The summed E-state index contributed by atoms with van der Waals surface area (Å²) >= 11 is 0. The summed E-state index contributed by atoms with van der Waals surface area (Å²) in [6, 6.07) is 0.774. The minimum absolute atomic E-state index is 0.774. The Balaban J connectivity index is 1.58. The quantitative estimate of drug-likeness (QED) is 0.673. The van der Waals surface area contributed by atoms with Crippen LogP contribution in [0.5, 0.6) is 0 Å². The summed E-state index contributed by atoms with van der Waals surface area (Å²) in [5.74, 6) is 0. The Morgan fingerprint density at radius 3 is 2.40 bits per heavy atom. The van der Waals surface area contributed by atoms with Gasteiger partial charge in [-0.1, -0.05) is 0 Å². The normalized spacial score (nSPS) is 29.0. The molecule has 2 heterocycles. The third-order valence-corrected chi connectivity index (χ3v) is 3.48. The Morgan fingerprint density at radius 1 is 1.20 bits per heavy atom. The summed E-state index contributed by atoms with van der Waals surface area (Å²) < 4.78 is 5.10. The summed E-state index contributed by atoms with van der Waals surface area (Å²) in [7, 11) is 1.78. The van der Waals surface area contributed by atoms with Gasteiger partial charge in [0, 0.05) is 52.4 Å². The lowest BCUT2D eigenvalue weighted by Crippen LogP contribution is -2.55. The molecule has 1 N–H and O–H groups in total. The number of ether oxygens (including phenoxy) is 1. The van der Waals surface area contributed by atoms with Crippen molar-refractivity contribution < 1.29 is 4.74 Å². The highest BCUT2D eigenvalue weighted by atomic mass is 16.5. The van der Waals surface area contributed by atoms with Gasteiger partial charge in [0.05, 0.1) is 6.61 Å². The number of piperazine rings is 1. The van der Waals surface area contributed by atoms with Gasteiger partial charge in [-0.25, -0.2) is 0 Å². The van der Waals surface area contributed by atoms with Crippen LogP contribution < -0.4 is 5.32 Å². The van der Waals surface area contributed by atoms with Gasteiger partial charge >= 0.3 is 0 Å². The lowest BCUT2D eigenvalue weighted by atomic mass is 10.1. The first-order valence-corrected chi connectivity index (χ1v) is 6.05. The van der Waals surface area contributed by atoms with Crippen molar-refractivity contribution in [1.82, 2.24) is 15.1 Å². The highest BCUT2D eigenvalue weighted by molar-refractivity contribution is 4.83. The molecule has 0 aliphatic carbocycles. The van der Waals surface area contributed by atoms with Crippen LogP contribution in [-0.4, -0.2) is 75.4 Å². The highest BCUT2D eigenvalue weighted by Gasteiger charge is 2.22. The molecule has 1 atom stereocenters. The molecule has 88 valence electrons. The molecule has 2 saturated heterocycles. The molecule has 2 aliphatic rings.